The lowest BCUT2D eigenvalue weighted by atomic mass is 9.92. The van der Waals surface area contributed by atoms with Gasteiger partial charge in [0.2, 0.25) is 0 Å². The quantitative estimate of drug-likeness (QED) is 0.414. The van der Waals surface area contributed by atoms with E-state index in [0.29, 0.717) is 0 Å². The molecule has 2 atom stereocenters. The lowest BCUT2D eigenvalue weighted by molar-refractivity contribution is -0.118. The van der Waals surface area contributed by atoms with Gasteiger partial charge in [-0.15, -0.1) is 0 Å². The number of carbonyl (C=O) groups excluding carboxylic acids is 2. The van der Waals surface area contributed by atoms with Crippen molar-refractivity contribution in [3.8, 4) is 11.5 Å². The summed E-state index contributed by atoms with van der Waals surface area (Å²) in [5, 5.41) is 6.37. The van der Waals surface area contributed by atoms with Crippen molar-refractivity contribution >= 4 is 17.6 Å². The minimum atomic E-state index is -3.07. The molecule has 0 aliphatic carbocycles. The summed E-state index contributed by atoms with van der Waals surface area (Å²) in [6.07, 6.45) is -1.50. The highest BCUT2D eigenvalue weighted by Crippen LogP contribution is 2.36. The van der Waals surface area contributed by atoms with Crippen LogP contribution < -0.4 is 19.7 Å². The van der Waals surface area contributed by atoms with Gasteiger partial charge in [-0.3, -0.25) is 19.2 Å². The third-order valence-corrected chi connectivity index (χ3v) is 5.83. The van der Waals surface area contributed by atoms with E-state index in [1.165, 1.54) is 31.5 Å². The van der Waals surface area contributed by atoms with Crippen LogP contribution >= 0.6 is 0 Å². The van der Waals surface area contributed by atoms with Crippen molar-refractivity contribution in [1.29, 1.82) is 0 Å². The molecule has 1 saturated heterocycles. The number of alkyl halides is 4. The maximum atomic E-state index is 15.0. The van der Waals surface area contributed by atoms with Crippen molar-refractivity contribution in [2.75, 3.05) is 18.6 Å². The number of halogens is 6. The van der Waals surface area contributed by atoms with Crippen molar-refractivity contribution in [2.24, 2.45) is 0 Å². The van der Waals surface area contributed by atoms with Gasteiger partial charge in [-0.2, -0.15) is 13.9 Å². The number of hydrogen-bond donors (Lipinski definition) is 1. The number of rotatable bonds is 9. The molecular formula is C24H20F6N4O4. The summed E-state index contributed by atoms with van der Waals surface area (Å²) in [5.74, 6) is -5.31. The predicted octanol–water partition coefficient (Wildman–Crippen LogP) is 3.97. The summed E-state index contributed by atoms with van der Waals surface area (Å²) in [6, 6.07) is 6.19. The number of nitrogens with one attached hydrogen (secondary N) is 1. The standard InChI is InChI=1S/C24H20F6N4O4/c1-37-14-8-16(25)20(17(26)9-14)15-10-34(19-6-7-33(32-19)11-18(27)28)23(36)21(15)31-22(35)12-2-4-13(5-3-12)38-24(29)30/h2-9,15,18,21,24H,10-11H2,1H3,(H,31,35)/t15-,21?/m0/s1. The first-order valence-electron chi connectivity index (χ1n) is 11.1. The lowest BCUT2D eigenvalue weighted by Crippen LogP contribution is -2.44. The number of hydrogen-bond acceptors (Lipinski definition) is 5. The van der Waals surface area contributed by atoms with Gasteiger partial charge in [-0.25, -0.2) is 17.6 Å². The monoisotopic (exact) mass is 542 g/mol. The first kappa shape index (κ1) is 26.8. The Morgan fingerprint density at radius 3 is 2.32 bits per heavy atom. The van der Waals surface area contributed by atoms with Crippen molar-refractivity contribution in [1.82, 2.24) is 15.1 Å². The van der Waals surface area contributed by atoms with Crippen LogP contribution in [0.15, 0.2) is 48.7 Å². The van der Waals surface area contributed by atoms with E-state index < -0.39 is 60.6 Å². The Labute approximate surface area is 211 Å². The van der Waals surface area contributed by atoms with Crippen LogP contribution in [0.3, 0.4) is 0 Å². The summed E-state index contributed by atoms with van der Waals surface area (Å²) < 4.78 is 90.3. The van der Waals surface area contributed by atoms with E-state index in [1.54, 1.807) is 0 Å². The van der Waals surface area contributed by atoms with Crippen LogP contribution in [0.1, 0.15) is 21.8 Å². The van der Waals surface area contributed by atoms with Gasteiger partial charge in [0.05, 0.1) is 7.11 Å². The number of aromatic nitrogens is 2. The summed E-state index contributed by atoms with van der Waals surface area (Å²) >= 11 is 0. The SMILES string of the molecule is COc1cc(F)c([C@@H]2CN(c3ccn(CC(F)F)n3)C(=O)C2NC(=O)c2ccc(OC(F)F)cc2)c(F)c1. The number of nitrogens with zero attached hydrogens (tertiary/aromatic N) is 3. The molecule has 1 aliphatic rings. The molecule has 1 aromatic heterocycles. The largest absolute Gasteiger partial charge is 0.497 e. The van der Waals surface area contributed by atoms with Crippen LogP contribution in [0, 0.1) is 11.6 Å². The molecule has 3 aromatic rings. The zero-order valence-corrected chi connectivity index (χ0v) is 19.6. The van der Waals surface area contributed by atoms with Gasteiger partial charge in [0.25, 0.3) is 18.2 Å². The number of anilines is 1. The minimum absolute atomic E-state index is 0.0477. The fourth-order valence-corrected chi connectivity index (χ4v) is 4.14. The molecule has 1 fully saturated rings. The molecule has 2 heterocycles. The second-order valence-electron chi connectivity index (χ2n) is 8.20. The van der Waals surface area contributed by atoms with E-state index in [1.807, 2.05) is 0 Å². The maximum absolute atomic E-state index is 15.0. The molecule has 8 nitrogen and oxygen atoms in total. The molecular weight excluding hydrogens is 522 g/mol. The summed E-state index contributed by atoms with van der Waals surface area (Å²) in [5.41, 5.74) is -0.548. The number of ether oxygens (including phenoxy) is 2. The Bertz CT molecular complexity index is 1290. The van der Waals surface area contributed by atoms with Gasteiger partial charge in [0, 0.05) is 48.0 Å². The van der Waals surface area contributed by atoms with Gasteiger partial charge < -0.3 is 14.8 Å². The molecule has 0 radical (unpaired) electrons. The first-order chi connectivity index (χ1) is 18.1. The number of benzene rings is 2. The number of amides is 2. The van der Waals surface area contributed by atoms with Gasteiger partial charge >= 0.3 is 6.61 Å². The maximum Gasteiger partial charge on any atom is 0.387 e. The highest BCUT2D eigenvalue weighted by atomic mass is 19.3. The molecule has 0 bridgehead atoms. The van der Waals surface area contributed by atoms with E-state index in [-0.39, 0.29) is 29.4 Å². The van der Waals surface area contributed by atoms with Gasteiger partial charge in [-0.1, -0.05) is 0 Å². The highest BCUT2D eigenvalue weighted by Gasteiger charge is 2.46. The Balaban J connectivity index is 1.66. The van der Waals surface area contributed by atoms with E-state index in [0.717, 1.165) is 33.8 Å². The molecule has 2 aromatic carbocycles. The summed E-state index contributed by atoms with van der Waals surface area (Å²) in [6.45, 7) is -4.15. The third kappa shape index (κ3) is 5.68. The molecule has 2 amide bonds. The van der Waals surface area contributed by atoms with E-state index in [9.17, 15) is 35.9 Å². The van der Waals surface area contributed by atoms with Crippen molar-refractivity contribution < 1.29 is 45.4 Å². The molecule has 1 aliphatic heterocycles. The molecule has 4 rings (SSSR count). The second kappa shape index (κ2) is 11.0. The molecule has 202 valence electrons. The normalized spacial score (nSPS) is 17.4. The Morgan fingerprint density at radius 1 is 1.08 bits per heavy atom. The minimum Gasteiger partial charge on any atom is -0.497 e. The van der Waals surface area contributed by atoms with Crippen LogP contribution in [0.25, 0.3) is 0 Å². The Hall–Kier alpha value is -4.23. The molecule has 38 heavy (non-hydrogen) atoms. The molecule has 0 spiro atoms. The molecule has 1 N–H and O–H groups in total. The molecule has 0 saturated carbocycles. The average Bonchev–Trinajstić information content (AvgIpc) is 3.43. The number of methoxy groups -OCH3 is 1. The van der Waals surface area contributed by atoms with Crippen LogP contribution in [-0.4, -0.2) is 54.3 Å². The third-order valence-electron chi connectivity index (χ3n) is 5.83. The Morgan fingerprint density at radius 2 is 1.74 bits per heavy atom. The van der Waals surface area contributed by atoms with E-state index in [2.05, 4.69) is 15.2 Å². The van der Waals surface area contributed by atoms with E-state index in [4.69, 9.17) is 4.74 Å². The second-order valence-corrected chi connectivity index (χ2v) is 8.20. The van der Waals surface area contributed by atoms with Crippen molar-refractivity contribution in [2.45, 2.75) is 31.5 Å². The molecule has 1 unspecified atom stereocenters. The van der Waals surface area contributed by atoms with E-state index >= 15 is 0 Å². The van der Waals surface area contributed by atoms with Gasteiger partial charge in [0.1, 0.15) is 35.7 Å². The highest BCUT2D eigenvalue weighted by molar-refractivity contribution is 6.04. The topological polar surface area (TPSA) is 85.7 Å². The lowest BCUT2D eigenvalue weighted by Gasteiger charge is -2.20. The van der Waals surface area contributed by atoms with Gasteiger partial charge in [0.15, 0.2) is 5.82 Å². The van der Waals surface area contributed by atoms with Gasteiger partial charge in [-0.05, 0) is 24.3 Å². The van der Waals surface area contributed by atoms with Crippen LogP contribution in [-0.2, 0) is 11.3 Å². The fourth-order valence-electron chi connectivity index (χ4n) is 4.14. The zero-order valence-electron chi connectivity index (χ0n) is 19.6. The smallest absolute Gasteiger partial charge is 0.387 e. The Kier molecular flexibility index (Phi) is 7.78. The molecule has 14 heteroatoms. The van der Waals surface area contributed by atoms with Crippen molar-refractivity contribution in [3.05, 3.63) is 71.4 Å². The van der Waals surface area contributed by atoms with Crippen LogP contribution in [0.4, 0.5) is 32.2 Å². The predicted molar refractivity (Wildman–Crippen MR) is 121 cm³/mol. The average molecular weight is 542 g/mol. The zero-order chi connectivity index (χ0) is 27.6. The van der Waals surface area contributed by atoms with Crippen LogP contribution in [0.5, 0.6) is 11.5 Å². The summed E-state index contributed by atoms with van der Waals surface area (Å²) in [4.78, 5) is 27.3. The summed E-state index contributed by atoms with van der Waals surface area (Å²) in [7, 11) is 1.21. The first-order valence-corrected chi connectivity index (χ1v) is 11.1. The fraction of sp³-hybridized carbons (Fsp3) is 0.292. The number of carbonyl (C=O) groups is 2. The van der Waals surface area contributed by atoms with Crippen molar-refractivity contribution in [3.63, 3.8) is 0 Å². The van der Waals surface area contributed by atoms with Crippen LogP contribution in [0.2, 0.25) is 0 Å².